The zero-order valence-corrected chi connectivity index (χ0v) is 12.0. The van der Waals surface area contributed by atoms with E-state index in [1.807, 2.05) is 6.92 Å². The summed E-state index contributed by atoms with van der Waals surface area (Å²) in [7, 11) is 0. The zero-order valence-electron chi connectivity index (χ0n) is 11.3. The highest BCUT2D eigenvalue weighted by atomic mass is 35.5. The van der Waals surface area contributed by atoms with Crippen molar-refractivity contribution in [3.05, 3.63) is 16.5 Å². The Morgan fingerprint density at radius 2 is 2.00 bits per heavy atom. The van der Waals surface area contributed by atoms with Crippen molar-refractivity contribution in [2.45, 2.75) is 46.0 Å². The van der Waals surface area contributed by atoms with Gasteiger partial charge >= 0.3 is 0 Å². The molecular weight excluding hydrogens is 246 g/mol. The van der Waals surface area contributed by atoms with Gasteiger partial charge in [0.15, 0.2) is 0 Å². The Labute approximate surface area is 113 Å². The van der Waals surface area contributed by atoms with Crippen LogP contribution in [0, 0.1) is 18.3 Å². The summed E-state index contributed by atoms with van der Waals surface area (Å²) < 4.78 is 0. The van der Waals surface area contributed by atoms with Crippen LogP contribution in [-0.2, 0) is 0 Å². The Hall–Kier alpha value is -0.830. The van der Waals surface area contributed by atoms with Crippen LogP contribution in [0.3, 0.4) is 0 Å². The van der Waals surface area contributed by atoms with E-state index in [9.17, 15) is 0 Å². The molecule has 0 radical (unpaired) electrons. The van der Waals surface area contributed by atoms with Crippen LogP contribution in [0.15, 0.2) is 0 Å². The summed E-state index contributed by atoms with van der Waals surface area (Å²) in [4.78, 5) is 9.02. The molecule has 98 valence electrons. The minimum Gasteiger partial charge on any atom is -0.369 e. The van der Waals surface area contributed by atoms with Crippen LogP contribution in [0.4, 0.5) is 5.82 Å². The lowest BCUT2D eigenvalue weighted by atomic mass is 10.1. The number of hydrogen-bond donors (Lipinski definition) is 1. The molecule has 2 aliphatic rings. The predicted octanol–water partition coefficient (Wildman–Crippen LogP) is 3.77. The Morgan fingerprint density at radius 1 is 1.33 bits per heavy atom. The molecule has 0 spiro atoms. The summed E-state index contributed by atoms with van der Waals surface area (Å²) in [6.45, 7) is 7.61. The second-order valence-corrected chi connectivity index (χ2v) is 6.75. The molecule has 1 atom stereocenters. The van der Waals surface area contributed by atoms with Crippen LogP contribution < -0.4 is 5.32 Å². The topological polar surface area (TPSA) is 37.8 Å². The predicted molar refractivity (Wildman–Crippen MR) is 74.1 cm³/mol. The van der Waals surface area contributed by atoms with E-state index in [0.717, 1.165) is 29.7 Å². The largest absolute Gasteiger partial charge is 0.369 e. The van der Waals surface area contributed by atoms with Gasteiger partial charge in [-0.15, -0.1) is 0 Å². The van der Waals surface area contributed by atoms with E-state index >= 15 is 0 Å². The molecule has 2 fully saturated rings. The van der Waals surface area contributed by atoms with Gasteiger partial charge in [0.25, 0.3) is 0 Å². The van der Waals surface area contributed by atoms with Gasteiger partial charge in [-0.3, -0.25) is 0 Å². The van der Waals surface area contributed by atoms with Crippen molar-refractivity contribution >= 4 is 17.4 Å². The van der Waals surface area contributed by atoms with Crippen molar-refractivity contribution < 1.29 is 0 Å². The van der Waals surface area contributed by atoms with Gasteiger partial charge in [-0.2, -0.15) is 0 Å². The Morgan fingerprint density at radius 3 is 2.56 bits per heavy atom. The first-order valence-electron chi connectivity index (χ1n) is 6.75. The Kier molecular flexibility index (Phi) is 2.77. The monoisotopic (exact) mass is 265 g/mol. The molecule has 1 heterocycles. The molecule has 3 rings (SSSR count). The lowest BCUT2D eigenvalue weighted by Gasteiger charge is -2.12. The standard InChI is InChI=1S/C14H20ClN3/c1-8-11(15)17-13(9-4-5-9)18-12(8)16-7-10-6-14(10,2)3/h9-10H,4-7H2,1-3H3,(H,16,17,18). The normalized spacial score (nSPS) is 25.0. The van der Waals surface area contributed by atoms with E-state index in [0.29, 0.717) is 16.5 Å². The highest BCUT2D eigenvalue weighted by Gasteiger charge is 2.45. The van der Waals surface area contributed by atoms with E-state index in [4.69, 9.17) is 11.6 Å². The van der Waals surface area contributed by atoms with E-state index in [1.54, 1.807) is 0 Å². The van der Waals surface area contributed by atoms with Crippen LogP contribution in [0.25, 0.3) is 0 Å². The highest BCUT2D eigenvalue weighted by Crippen LogP contribution is 2.51. The molecule has 0 aromatic carbocycles. The van der Waals surface area contributed by atoms with Gasteiger partial charge in [-0.1, -0.05) is 25.4 Å². The third-order valence-electron chi connectivity index (χ3n) is 4.28. The number of nitrogens with one attached hydrogen (secondary N) is 1. The molecule has 3 nitrogen and oxygen atoms in total. The molecule has 2 aliphatic carbocycles. The average molecular weight is 266 g/mol. The Balaban J connectivity index is 1.73. The average Bonchev–Trinajstić information content (AvgIpc) is 3.18. The van der Waals surface area contributed by atoms with Crippen molar-refractivity contribution in [1.29, 1.82) is 0 Å². The van der Waals surface area contributed by atoms with Crippen molar-refractivity contribution in [3.8, 4) is 0 Å². The first kappa shape index (κ1) is 12.2. The lowest BCUT2D eigenvalue weighted by molar-refractivity contribution is 0.572. The van der Waals surface area contributed by atoms with Crippen LogP contribution >= 0.6 is 11.6 Å². The summed E-state index contributed by atoms with van der Waals surface area (Å²) in [6.07, 6.45) is 3.70. The fourth-order valence-corrected chi connectivity index (χ4v) is 2.52. The molecule has 1 unspecified atom stereocenters. The second kappa shape index (κ2) is 4.09. The summed E-state index contributed by atoms with van der Waals surface area (Å²) in [6, 6.07) is 0. The number of hydrogen-bond acceptors (Lipinski definition) is 3. The van der Waals surface area contributed by atoms with Gasteiger partial charge in [0.2, 0.25) is 0 Å². The molecule has 0 saturated heterocycles. The molecule has 2 saturated carbocycles. The maximum absolute atomic E-state index is 6.19. The summed E-state index contributed by atoms with van der Waals surface area (Å²) in [5.74, 6) is 3.15. The molecule has 4 heteroatoms. The fraction of sp³-hybridized carbons (Fsp3) is 0.714. The van der Waals surface area contributed by atoms with Crippen LogP contribution in [0.2, 0.25) is 5.15 Å². The molecule has 1 aromatic heterocycles. The fourth-order valence-electron chi connectivity index (χ4n) is 2.35. The molecular formula is C14H20ClN3. The number of aromatic nitrogens is 2. The van der Waals surface area contributed by atoms with Crippen molar-refractivity contribution in [1.82, 2.24) is 9.97 Å². The zero-order chi connectivity index (χ0) is 12.9. The molecule has 18 heavy (non-hydrogen) atoms. The number of anilines is 1. The molecule has 1 aromatic rings. The molecule has 1 N–H and O–H groups in total. The number of halogens is 1. The van der Waals surface area contributed by atoms with Crippen LogP contribution in [0.5, 0.6) is 0 Å². The maximum Gasteiger partial charge on any atom is 0.137 e. The van der Waals surface area contributed by atoms with Gasteiger partial charge in [0.05, 0.1) is 0 Å². The first-order chi connectivity index (χ1) is 8.47. The lowest BCUT2D eigenvalue weighted by Crippen LogP contribution is -2.11. The maximum atomic E-state index is 6.19. The minimum atomic E-state index is 0.497. The van der Waals surface area contributed by atoms with Crippen molar-refractivity contribution in [2.75, 3.05) is 11.9 Å². The Bertz CT molecular complexity index is 480. The van der Waals surface area contributed by atoms with Crippen LogP contribution in [0.1, 0.15) is 50.4 Å². The second-order valence-electron chi connectivity index (χ2n) is 6.39. The van der Waals surface area contributed by atoms with E-state index in [1.165, 1.54) is 19.3 Å². The van der Waals surface area contributed by atoms with Gasteiger partial charge in [-0.25, -0.2) is 9.97 Å². The summed E-state index contributed by atoms with van der Waals surface area (Å²) >= 11 is 6.19. The highest BCUT2D eigenvalue weighted by molar-refractivity contribution is 6.30. The van der Waals surface area contributed by atoms with Gasteiger partial charge < -0.3 is 5.32 Å². The number of nitrogens with zero attached hydrogens (tertiary/aromatic N) is 2. The molecule has 0 bridgehead atoms. The third kappa shape index (κ3) is 2.33. The first-order valence-corrected chi connectivity index (χ1v) is 7.13. The minimum absolute atomic E-state index is 0.497. The summed E-state index contributed by atoms with van der Waals surface area (Å²) in [5, 5.41) is 4.06. The van der Waals surface area contributed by atoms with Crippen molar-refractivity contribution in [2.24, 2.45) is 11.3 Å². The molecule has 0 amide bonds. The van der Waals surface area contributed by atoms with E-state index in [2.05, 4.69) is 29.1 Å². The summed E-state index contributed by atoms with van der Waals surface area (Å²) in [5.41, 5.74) is 1.47. The van der Waals surface area contributed by atoms with Gasteiger partial charge in [-0.05, 0) is 37.5 Å². The van der Waals surface area contributed by atoms with E-state index in [-0.39, 0.29) is 0 Å². The van der Waals surface area contributed by atoms with E-state index < -0.39 is 0 Å². The van der Waals surface area contributed by atoms with Crippen molar-refractivity contribution in [3.63, 3.8) is 0 Å². The number of rotatable bonds is 4. The van der Waals surface area contributed by atoms with Gasteiger partial charge in [0.1, 0.15) is 16.8 Å². The molecule has 0 aliphatic heterocycles. The SMILES string of the molecule is Cc1c(Cl)nc(C2CC2)nc1NCC1CC1(C)C. The quantitative estimate of drug-likeness (QED) is 0.842. The van der Waals surface area contributed by atoms with Crippen LogP contribution in [-0.4, -0.2) is 16.5 Å². The smallest absolute Gasteiger partial charge is 0.137 e. The third-order valence-corrected chi connectivity index (χ3v) is 4.65. The van der Waals surface area contributed by atoms with Gasteiger partial charge in [0, 0.05) is 18.0 Å².